The van der Waals surface area contributed by atoms with Gasteiger partial charge in [0, 0.05) is 0 Å². The average Bonchev–Trinajstić information content (AvgIpc) is 2.42. The number of aryl methyl sites for hydroxylation is 1. The molecule has 0 N–H and O–H groups in total. The normalized spacial score (nSPS) is 9.89. The molecule has 92 valence electrons. The van der Waals surface area contributed by atoms with Gasteiger partial charge in [-0.05, 0) is 30.7 Å². The molecule has 18 heavy (non-hydrogen) atoms. The monoisotopic (exact) mass is 241 g/mol. The Kier molecular flexibility index (Phi) is 3.63. The summed E-state index contributed by atoms with van der Waals surface area (Å²) in [6, 6.07) is 17.2. The fourth-order valence-corrected chi connectivity index (χ4v) is 1.83. The Morgan fingerprint density at radius 2 is 1.61 bits per heavy atom. The second kappa shape index (κ2) is 5.36. The molecule has 0 radical (unpaired) electrons. The molecule has 2 rings (SSSR count). The summed E-state index contributed by atoms with van der Waals surface area (Å²) in [5.74, 6) is 0. The van der Waals surface area contributed by atoms with Gasteiger partial charge < -0.3 is 4.74 Å². The average molecular weight is 241 g/mol. The molecule has 0 aliphatic rings. The Morgan fingerprint density at radius 1 is 1.00 bits per heavy atom. The maximum absolute atomic E-state index is 12.0. The number of ether oxygens (including phenoxy) is 1. The SMILES string of the molecule is COC(=O)N(c1ccccc1)c1ccccc1C. The van der Waals surface area contributed by atoms with E-state index in [1.165, 1.54) is 7.11 Å². The molecule has 3 nitrogen and oxygen atoms in total. The summed E-state index contributed by atoms with van der Waals surface area (Å²) >= 11 is 0. The number of carbonyl (C=O) groups excluding carboxylic acids is 1. The second-order valence-corrected chi connectivity index (χ2v) is 3.93. The van der Waals surface area contributed by atoms with Crippen LogP contribution in [0.1, 0.15) is 5.56 Å². The van der Waals surface area contributed by atoms with Gasteiger partial charge in [0.25, 0.3) is 0 Å². The number of methoxy groups -OCH3 is 1. The lowest BCUT2D eigenvalue weighted by atomic mass is 10.1. The first-order chi connectivity index (χ1) is 8.74. The molecule has 2 aromatic rings. The van der Waals surface area contributed by atoms with Gasteiger partial charge in [0.2, 0.25) is 0 Å². The van der Waals surface area contributed by atoms with Crippen LogP contribution in [0.3, 0.4) is 0 Å². The Balaban J connectivity index is 2.51. The Labute approximate surface area is 107 Å². The highest BCUT2D eigenvalue weighted by atomic mass is 16.5. The summed E-state index contributed by atoms with van der Waals surface area (Å²) in [4.78, 5) is 13.5. The van der Waals surface area contributed by atoms with Crippen LogP contribution in [0, 0.1) is 6.92 Å². The van der Waals surface area contributed by atoms with Crippen LogP contribution in [-0.2, 0) is 4.74 Å². The Morgan fingerprint density at radius 3 is 2.22 bits per heavy atom. The largest absolute Gasteiger partial charge is 0.452 e. The van der Waals surface area contributed by atoms with Crippen LogP contribution in [0.15, 0.2) is 54.6 Å². The predicted molar refractivity (Wildman–Crippen MR) is 72.2 cm³/mol. The minimum absolute atomic E-state index is 0.393. The number of amides is 1. The molecule has 3 heteroatoms. The van der Waals surface area contributed by atoms with Gasteiger partial charge in [-0.1, -0.05) is 36.4 Å². The third-order valence-electron chi connectivity index (χ3n) is 2.73. The van der Waals surface area contributed by atoms with Crippen molar-refractivity contribution in [1.29, 1.82) is 0 Å². The molecule has 0 aliphatic carbocycles. The van der Waals surface area contributed by atoms with Crippen molar-refractivity contribution in [2.75, 3.05) is 12.0 Å². The van der Waals surface area contributed by atoms with Gasteiger partial charge in [-0.3, -0.25) is 0 Å². The number of nitrogens with zero attached hydrogens (tertiary/aromatic N) is 1. The number of hydrogen-bond donors (Lipinski definition) is 0. The molecule has 0 atom stereocenters. The lowest BCUT2D eigenvalue weighted by Gasteiger charge is -2.23. The van der Waals surface area contributed by atoms with Crippen LogP contribution in [0.5, 0.6) is 0 Å². The molecular formula is C15H15NO2. The van der Waals surface area contributed by atoms with Gasteiger partial charge >= 0.3 is 6.09 Å². The molecule has 0 aromatic heterocycles. The van der Waals surface area contributed by atoms with Gasteiger partial charge in [0.05, 0.1) is 18.5 Å². The van der Waals surface area contributed by atoms with E-state index in [2.05, 4.69) is 0 Å². The summed E-state index contributed by atoms with van der Waals surface area (Å²) in [6.45, 7) is 1.97. The first-order valence-electron chi connectivity index (χ1n) is 5.73. The molecule has 1 amide bonds. The van der Waals surface area contributed by atoms with E-state index in [1.807, 2.05) is 61.5 Å². The van der Waals surface area contributed by atoms with Crippen LogP contribution >= 0.6 is 0 Å². The van der Waals surface area contributed by atoms with Gasteiger partial charge in [-0.2, -0.15) is 0 Å². The molecule has 2 aromatic carbocycles. The minimum atomic E-state index is -0.393. The van der Waals surface area contributed by atoms with Crippen LogP contribution < -0.4 is 4.90 Å². The third kappa shape index (κ3) is 2.35. The highest BCUT2D eigenvalue weighted by Crippen LogP contribution is 2.28. The van der Waals surface area contributed by atoms with Gasteiger partial charge in [-0.25, -0.2) is 9.69 Å². The number of benzene rings is 2. The summed E-state index contributed by atoms with van der Waals surface area (Å²) in [6.07, 6.45) is -0.393. The van der Waals surface area contributed by atoms with Crippen molar-refractivity contribution >= 4 is 17.5 Å². The van der Waals surface area contributed by atoms with Crippen molar-refractivity contribution < 1.29 is 9.53 Å². The van der Waals surface area contributed by atoms with Crippen LogP contribution in [-0.4, -0.2) is 13.2 Å². The quantitative estimate of drug-likeness (QED) is 0.798. The van der Waals surface area contributed by atoms with Crippen LogP contribution in [0.2, 0.25) is 0 Å². The molecule has 0 spiro atoms. The van der Waals surface area contributed by atoms with Crippen molar-refractivity contribution in [1.82, 2.24) is 0 Å². The van der Waals surface area contributed by atoms with E-state index in [4.69, 9.17) is 4.74 Å². The Bertz CT molecular complexity index is 537. The van der Waals surface area contributed by atoms with E-state index in [1.54, 1.807) is 4.90 Å². The summed E-state index contributed by atoms with van der Waals surface area (Å²) in [7, 11) is 1.39. The molecule has 0 unspecified atom stereocenters. The highest BCUT2D eigenvalue weighted by molar-refractivity contribution is 5.96. The lowest BCUT2D eigenvalue weighted by molar-refractivity contribution is 0.181. The maximum Gasteiger partial charge on any atom is 0.418 e. The van der Waals surface area contributed by atoms with E-state index in [0.717, 1.165) is 16.9 Å². The highest BCUT2D eigenvalue weighted by Gasteiger charge is 2.19. The van der Waals surface area contributed by atoms with Crippen molar-refractivity contribution in [2.45, 2.75) is 6.92 Å². The number of rotatable bonds is 2. The van der Waals surface area contributed by atoms with Crippen molar-refractivity contribution in [2.24, 2.45) is 0 Å². The fourth-order valence-electron chi connectivity index (χ4n) is 1.83. The summed E-state index contributed by atoms with van der Waals surface area (Å²) in [5, 5.41) is 0. The number of anilines is 2. The first kappa shape index (κ1) is 12.2. The van der Waals surface area contributed by atoms with Crippen molar-refractivity contribution in [3.8, 4) is 0 Å². The number of para-hydroxylation sites is 2. The topological polar surface area (TPSA) is 29.5 Å². The molecular weight excluding hydrogens is 226 g/mol. The fraction of sp³-hybridized carbons (Fsp3) is 0.133. The zero-order valence-electron chi connectivity index (χ0n) is 10.5. The van der Waals surface area contributed by atoms with Crippen LogP contribution in [0.4, 0.5) is 16.2 Å². The Hall–Kier alpha value is -2.29. The molecule has 0 saturated carbocycles. The van der Waals surface area contributed by atoms with Crippen molar-refractivity contribution in [3.63, 3.8) is 0 Å². The molecule has 0 bridgehead atoms. The predicted octanol–water partition coefficient (Wildman–Crippen LogP) is 3.90. The lowest BCUT2D eigenvalue weighted by Crippen LogP contribution is -2.26. The second-order valence-electron chi connectivity index (χ2n) is 3.93. The van der Waals surface area contributed by atoms with Gasteiger partial charge in [-0.15, -0.1) is 0 Å². The molecule has 0 heterocycles. The number of carbonyl (C=O) groups is 1. The molecule has 0 saturated heterocycles. The maximum atomic E-state index is 12.0. The van der Waals surface area contributed by atoms with Gasteiger partial charge in [0.1, 0.15) is 0 Å². The summed E-state index contributed by atoms with van der Waals surface area (Å²) in [5.41, 5.74) is 2.64. The smallest absolute Gasteiger partial charge is 0.418 e. The molecule has 0 aliphatic heterocycles. The van der Waals surface area contributed by atoms with E-state index in [-0.39, 0.29) is 0 Å². The zero-order chi connectivity index (χ0) is 13.0. The summed E-state index contributed by atoms with van der Waals surface area (Å²) < 4.78 is 4.86. The van der Waals surface area contributed by atoms with Gasteiger partial charge in [0.15, 0.2) is 0 Å². The third-order valence-corrected chi connectivity index (χ3v) is 2.73. The zero-order valence-corrected chi connectivity index (χ0v) is 10.5. The van der Waals surface area contributed by atoms with E-state index < -0.39 is 6.09 Å². The molecule has 0 fully saturated rings. The standard InChI is InChI=1S/C15H15NO2/c1-12-8-6-7-11-14(12)16(15(17)18-2)13-9-4-3-5-10-13/h3-11H,1-2H3. The van der Waals surface area contributed by atoms with E-state index in [0.29, 0.717) is 0 Å². The number of hydrogen-bond acceptors (Lipinski definition) is 2. The minimum Gasteiger partial charge on any atom is -0.452 e. The van der Waals surface area contributed by atoms with E-state index in [9.17, 15) is 4.79 Å². The van der Waals surface area contributed by atoms with Crippen molar-refractivity contribution in [3.05, 3.63) is 60.2 Å². The van der Waals surface area contributed by atoms with E-state index >= 15 is 0 Å². The first-order valence-corrected chi connectivity index (χ1v) is 5.73. The van der Waals surface area contributed by atoms with Crippen LogP contribution in [0.25, 0.3) is 0 Å².